The van der Waals surface area contributed by atoms with Crippen LogP contribution in [-0.2, 0) is 15.7 Å². The third-order valence-electron chi connectivity index (χ3n) is 3.60. The summed E-state index contributed by atoms with van der Waals surface area (Å²) in [5.74, 6) is -0.742. The number of ether oxygens (including phenoxy) is 3. The van der Waals surface area contributed by atoms with Crippen LogP contribution in [0.2, 0.25) is 0 Å². The molecule has 2 aromatic rings. The van der Waals surface area contributed by atoms with Crippen molar-refractivity contribution in [1.29, 1.82) is 0 Å². The van der Waals surface area contributed by atoms with E-state index in [4.69, 9.17) is 14.2 Å². The molecule has 0 atom stereocenters. The molecule has 138 valence electrons. The first kappa shape index (κ1) is 19.0. The van der Waals surface area contributed by atoms with Gasteiger partial charge in [0, 0.05) is 27.5 Å². The lowest BCUT2D eigenvalue weighted by atomic mass is 10.2. The number of carbonyl (C=O) groups excluding carboxylic acids is 1. The van der Waals surface area contributed by atoms with E-state index in [2.05, 4.69) is 4.98 Å². The minimum Gasteiger partial charge on any atom is -0.493 e. The van der Waals surface area contributed by atoms with Gasteiger partial charge in [-0.25, -0.2) is 4.98 Å². The molecule has 2 rings (SSSR count). The Morgan fingerprint density at radius 2 is 1.96 bits per heavy atom. The van der Waals surface area contributed by atoms with E-state index in [1.165, 1.54) is 46.7 Å². The van der Waals surface area contributed by atoms with Crippen LogP contribution in [0.1, 0.15) is 16.2 Å². The van der Waals surface area contributed by atoms with Gasteiger partial charge in [0.05, 0.1) is 13.7 Å². The Labute approximate surface area is 141 Å². The number of amides is 1. The summed E-state index contributed by atoms with van der Waals surface area (Å²) >= 11 is 0. The number of imidazole rings is 1. The highest BCUT2D eigenvalue weighted by atomic mass is 19.4. The van der Waals surface area contributed by atoms with Crippen molar-refractivity contribution in [2.75, 3.05) is 34.9 Å². The average molecular weight is 361 g/mol. The van der Waals surface area contributed by atoms with Gasteiger partial charge in [-0.2, -0.15) is 13.2 Å². The third-order valence-corrected chi connectivity index (χ3v) is 3.60. The first-order valence-electron chi connectivity index (χ1n) is 7.17. The first-order chi connectivity index (χ1) is 11.7. The van der Waals surface area contributed by atoms with Gasteiger partial charge in [-0.3, -0.25) is 9.20 Å². The maximum atomic E-state index is 13.4. The Morgan fingerprint density at radius 3 is 2.48 bits per heavy atom. The number of methoxy groups -OCH3 is 3. The Bertz CT molecular complexity index is 756. The fourth-order valence-electron chi connectivity index (χ4n) is 2.34. The van der Waals surface area contributed by atoms with Crippen LogP contribution in [0.25, 0.3) is 5.65 Å². The zero-order valence-electron chi connectivity index (χ0n) is 14.1. The third kappa shape index (κ3) is 3.69. The number of carbonyl (C=O) groups is 1. The highest BCUT2D eigenvalue weighted by Gasteiger charge is 2.41. The summed E-state index contributed by atoms with van der Waals surface area (Å²) in [7, 11) is 5.40. The second kappa shape index (κ2) is 7.28. The van der Waals surface area contributed by atoms with E-state index in [1.807, 2.05) is 0 Å². The molecular formula is C15H18F3N3O4. The molecule has 25 heavy (non-hydrogen) atoms. The molecule has 7 nitrogen and oxygen atoms in total. The van der Waals surface area contributed by atoms with Gasteiger partial charge in [0.2, 0.25) is 0 Å². The van der Waals surface area contributed by atoms with Crippen LogP contribution in [-0.4, -0.2) is 61.4 Å². The Balaban J connectivity index is 2.56. The molecule has 0 aliphatic carbocycles. The van der Waals surface area contributed by atoms with Gasteiger partial charge in [0.25, 0.3) is 5.91 Å². The summed E-state index contributed by atoms with van der Waals surface area (Å²) in [6.07, 6.45) is -4.24. The average Bonchev–Trinajstić information content (AvgIpc) is 2.98. The van der Waals surface area contributed by atoms with Crippen LogP contribution in [0.5, 0.6) is 5.75 Å². The van der Waals surface area contributed by atoms with Crippen molar-refractivity contribution in [3.63, 3.8) is 0 Å². The van der Waals surface area contributed by atoms with E-state index >= 15 is 0 Å². The van der Waals surface area contributed by atoms with Crippen LogP contribution >= 0.6 is 0 Å². The van der Waals surface area contributed by atoms with Crippen molar-refractivity contribution in [3.8, 4) is 5.75 Å². The summed E-state index contributed by atoms with van der Waals surface area (Å²) in [6, 6.07) is 2.93. The minimum absolute atomic E-state index is 0.0552. The lowest BCUT2D eigenvalue weighted by Gasteiger charge is -2.22. The van der Waals surface area contributed by atoms with Gasteiger partial charge in [-0.05, 0) is 12.1 Å². The van der Waals surface area contributed by atoms with Crippen molar-refractivity contribution >= 4 is 11.6 Å². The molecule has 0 aliphatic rings. The summed E-state index contributed by atoms with van der Waals surface area (Å²) in [5.41, 5.74) is -1.97. The largest absolute Gasteiger partial charge is 0.493 e. The smallest absolute Gasteiger partial charge is 0.435 e. The van der Waals surface area contributed by atoms with E-state index in [9.17, 15) is 18.0 Å². The van der Waals surface area contributed by atoms with Gasteiger partial charge in [-0.15, -0.1) is 0 Å². The number of likely N-dealkylation sites (N-methyl/N-ethyl adjacent to an activating group) is 1. The Morgan fingerprint density at radius 1 is 1.32 bits per heavy atom. The predicted molar refractivity (Wildman–Crippen MR) is 81.5 cm³/mol. The maximum Gasteiger partial charge on any atom is 0.435 e. The molecule has 2 aromatic heterocycles. The molecule has 2 heterocycles. The number of rotatable bonds is 6. The summed E-state index contributed by atoms with van der Waals surface area (Å²) < 4.78 is 56.3. The van der Waals surface area contributed by atoms with Crippen molar-refractivity contribution < 1.29 is 32.2 Å². The normalized spacial score (nSPS) is 12.0. The molecule has 0 aromatic carbocycles. The number of aromatic nitrogens is 2. The number of alkyl halides is 3. The van der Waals surface area contributed by atoms with Crippen LogP contribution in [0, 0.1) is 0 Å². The lowest BCUT2D eigenvalue weighted by molar-refractivity contribution is -0.141. The van der Waals surface area contributed by atoms with Crippen molar-refractivity contribution in [2.24, 2.45) is 0 Å². The number of nitrogens with zero attached hydrogens (tertiary/aromatic N) is 3. The molecule has 0 aliphatic heterocycles. The van der Waals surface area contributed by atoms with Crippen molar-refractivity contribution in [2.45, 2.75) is 12.5 Å². The molecular weight excluding hydrogens is 343 g/mol. The molecule has 0 fully saturated rings. The molecule has 10 heteroatoms. The van der Waals surface area contributed by atoms with Gasteiger partial charge < -0.3 is 19.1 Å². The van der Waals surface area contributed by atoms with Crippen molar-refractivity contribution in [1.82, 2.24) is 14.3 Å². The minimum atomic E-state index is -4.80. The molecule has 0 bridgehead atoms. The first-order valence-corrected chi connectivity index (χ1v) is 7.17. The zero-order chi connectivity index (χ0) is 18.8. The summed E-state index contributed by atoms with van der Waals surface area (Å²) in [5, 5.41) is 0. The monoisotopic (exact) mass is 361 g/mol. The Hall–Kier alpha value is -2.33. The highest BCUT2D eigenvalue weighted by molar-refractivity contribution is 5.95. The topological polar surface area (TPSA) is 65.3 Å². The van der Waals surface area contributed by atoms with E-state index in [-0.39, 0.29) is 17.9 Å². The number of fused-ring (bicyclic) bond motifs is 1. The molecule has 0 saturated carbocycles. The second-order valence-corrected chi connectivity index (χ2v) is 5.16. The number of halogens is 3. The number of pyridine rings is 1. The summed E-state index contributed by atoms with van der Waals surface area (Å²) in [4.78, 5) is 17.3. The molecule has 0 radical (unpaired) electrons. The zero-order valence-corrected chi connectivity index (χ0v) is 14.1. The lowest BCUT2D eigenvalue weighted by Crippen LogP contribution is -2.37. The van der Waals surface area contributed by atoms with Crippen LogP contribution in [0.15, 0.2) is 18.3 Å². The van der Waals surface area contributed by atoms with Gasteiger partial charge >= 0.3 is 6.18 Å². The number of hydrogen-bond donors (Lipinski definition) is 0. The SMILES string of the molecule is COc1cccn2c(C(=O)N(C)CC(OC)OC)c(C(F)(F)F)nc12. The van der Waals surface area contributed by atoms with Crippen LogP contribution < -0.4 is 4.74 Å². The van der Waals surface area contributed by atoms with Crippen LogP contribution in [0.3, 0.4) is 0 Å². The van der Waals surface area contributed by atoms with Gasteiger partial charge in [0.15, 0.2) is 23.4 Å². The molecule has 0 unspecified atom stereocenters. The van der Waals surface area contributed by atoms with Gasteiger partial charge in [-0.1, -0.05) is 0 Å². The van der Waals surface area contributed by atoms with E-state index < -0.39 is 29.8 Å². The van der Waals surface area contributed by atoms with Crippen LogP contribution in [0.4, 0.5) is 13.2 Å². The molecule has 0 N–H and O–H groups in total. The van der Waals surface area contributed by atoms with Crippen molar-refractivity contribution in [3.05, 3.63) is 29.7 Å². The maximum absolute atomic E-state index is 13.4. The highest BCUT2D eigenvalue weighted by Crippen LogP contribution is 2.34. The van der Waals surface area contributed by atoms with E-state index in [0.717, 1.165) is 9.30 Å². The molecule has 0 spiro atoms. The molecule has 0 saturated heterocycles. The standard InChI is InChI=1S/C15H18F3N3O4/c1-20(8-10(24-3)25-4)14(22)11-12(15(16,17)18)19-13-9(23-2)6-5-7-21(11)13/h5-7,10H,8H2,1-4H3. The summed E-state index contributed by atoms with van der Waals surface area (Å²) in [6.45, 7) is -0.0552. The predicted octanol–water partition coefficient (Wildman–Crippen LogP) is 2.05. The fraction of sp³-hybridized carbons (Fsp3) is 0.467. The fourth-order valence-corrected chi connectivity index (χ4v) is 2.34. The number of hydrogen-bond acceptors (Lipinski definition) is 5. The quantitative estimate of drug-likeness (QED) is 0.737. The van der Waals surface area contributed by atoms with Gasteiger partial charge in [0.1, 0.15) is 5.69 Å². The van der Waals surface area contributed by atoms with E-state index in [1.54, 1.807) is 0 Å². The molecule has 1 amide bonds. The second-order valence-electron chi connectivity index (χ2n) is 5.16. The Kier molecular flexibility index (Phi) is 5.53. The van der Waals surface area contributed by atoms with E-state index in [0.29, 0.717) is 0 Å².